The number of hydrogen-bond acceptors (Lipinski definition) is 5. The summed E-state index contributed by atoms with van der Waals surface area (Å²) in [6.45, 7) is -0.0153. The monoisotopic (exact) mass is 306 g/mol. The van der Waals surface area contributed by atoms with Crippen LogP contribution >= 0.6 is 11.6 Å². The lowest BCUT2D eigenvalue weighted by atomic mass is 10.1. The number of anilines is 1. The minimum Gasteiger partial charge on any atom is -0.351 e. The highest BCUT2D eigenvalue weighted by atomic mass is 35.5. The van der Waals surface area contributed by atoms with Crippen molar-refractivity contribution in [2.45, 2.75) is 0 Å². The molecule has 0 aliphatic heterocycles. The van der Waals surface area contributed by atoms with Crippen LogP contribution in [-0.4, -0.2) is 33.7 Å². The van der Waals surface area contributed by atoms with Crippen molar-refractivity contribution < 1.29 is 13.2 Å². The summed E-state index contributed by atoms with van der Waals surface area (Å²) >= 11 is 5.79. The Kier molecular flexibility index (Phi) is 5.55. The van der Waals surface area contributed by atoms with E-state index in [1.54, 1.807) is 12.1 Å². The number of sulfonamides is 1. The van der Waals surface area contributed by atoms with Gasteiger partial charge in [0.1, 0.15) is 0 Å². The summed E-state index contributed by atoms with van der Waals surface area (Å²) in [4.78, 5) is 11.9. The zero-order valence-corrected chi connectivity index (χ0v) is 11.8. The molecule has 0 heterocycles. The molecule has 0 bridgehead atoms. The first kappa shape index (κ1) is 15.7. The molecule has 0 radical (unpaired) electrons. The Morgan fingerprint density at radius 2 is 2.11 bits per heavy atom. The second-order valence-electron chi connectivity index (χ2n) is 3.61. The third-order valence-corrected chi connectivity index (χ3v) is 3.95. The number of carbonyl (C=O) groups excluding carboxylic acids is 1. The second-order valence-corrected chi connectivity index (χ2v) is 6.10. The van der Waals surface area contributed by atoms with Crippen molar-refractivity contribution in [3.8, 4) is 0 Å². The topological polar surface area (TPSA) is 113 Å². The largest absolute Gasteiger partial charge is 0.351 e. The number of amides is 1. The van der Waals surface area contributed by atoms with Gasteiger partial charge in [0.2, 0.25) is 10.0 Å². The Bertz CT molecular complexity index is 562. The summed E-state index contributed by atoms with van der Waals surface area (Å²) in [5, 5.41) is 2.86. The number of nitrogens with two attached hydrogens (primary N) is 1. The molecule has 1 amide bonds. The van der Waals surface area contributed by atoms with E-state index in [1.807, 2.05) is 0 Å². The van der Waals surface area contributed by atoms with Crippen LogP contribution in [-0.2, 0) is 10.0 Å². The summed E-state index contributed by atoms with van der Waals surface area (Å²) in [5.41, 5.74) is 3.02. The molecule has 0 spiro atoms. The average Bonchev–Trinajstić information content (AvgIpc) is 2.38. The van der Waals surface area contributed by atoms with E-state index in [1.165, 1.54) is 13.1 Å². The van der Waals surface area contributed by atoms with E-state index < -0.39 is 15.9 Å². The lowest BCUT2D eigenvalue weighted by Crippen LogP contribution is -2.33. The molecule has 0 atom stereocenters. The molecular formula is C10H15ClN4O3S. The predicted octanol–water partition coefficient (Wildman–Crippen LogP) is -0.0954. The van der Waals surface area contributed by atoms with Gasteiger partial charge in [-0.2, -0.15) is 0 Å². The Hall–Kier alpha value is -1.35. The Morgan fingerprint density at radius 1 is 1.42 bits per heavy atom. The van der Waals surface area contributed by atoms with Gasteiger partial charge in [-0.1, -0.05) is 11.6 Å². The fraction of sp³-hybridized carbons (Fsp3) is 0.300. The number of hydrazine groups is 1. The molecule has 0 saturated heterocycles. The van der Waals surface area contributed by atoms with Crippen molar-refractivity contribution in [3.63, 3.8) is 0 Å². The van der Waals surface area contributed by atoms with E-state index in [0.717, 1.165) is 0 Å². The van der Waals surface area contributed by atoms with Gasteiger partial charge in [-0.3, -0.25) is 10.6 Å². The maximum Gasteiger partial charge on any atom is 0.253 e. The Balaban J connectivity index is 2.71. The normalized spacial score (nSPS) is 11.1. The van der Waals surface area contributed by atoms with Gasteiger partial charge in [-0.15, -0.1) is 0 Å². The molecule has 5 N–H and O–H groups in total. The Labute approximate surface area is 116 Å². The number of benzene rings is 1. The molecule has 1 aromatic carbocycles. The van der Waals surface area contributed by atoms with Crippen LogP contribution in [0.4, 0.5) is 5.69 Å². The van der Waals surface area contributed by atoms with E-state index in [2.05, 4.69) is 15.5 Å². The summed E-state index contributed by atoms with van der Waals surface area (Å²) in [6.07, 6.45) is 0. The quantitative estimate of drug-likeness (QED) is 0.433. The summed E-state index contributed by atoms with van der Waals surface area (Å²) in [7, 11) is -2.04. The smallest absolute Gasteiger partial charge is 0.253 e. The van der Waals surface area contributed by atoms with E-state index >= 15 is 0 Å². The van der Waals surface area contributed by atoms with Crippen LogP contribution in [0.1, 0.15) is 10.4 Å². The van der Waals surface area contributed by atoms with Crippen molar-refractivity contribution in [2.75, 3.05) is 24.8 Å². The molecule has 0 aromatic heterocycles. The predicted molar refractivity (Wildman–Crippen MR) is 74.4 cm³/mol. The molecular weight excluding hydrogens is 292 g/mol. The van der Waals surface area contributed by atoms with Gasteiger partial charge in [0, 0.05) is 11.6 Å². The van der Waals surface area contributed by atoms with Crippen LogP contribution in [0.15, 0.2) is 18.2 Å². The van der Waals surface area contributed by atoms with Crippen LogP contribution < -0.4 is 21.3 Å². The van der Waals surface area contributed by atoms with Gasteiger partial charge in [0.15, 0.2) is 0 Å². The third-order valence-electron chi connectivity index (χ3n) is 2.35. The number of hydrogen-bond donors (Lipinski definition) is 4. The Morgan fingerprint density at radius 3 is 2.68 bits per heavy atom. The molecule has 0 unspecified atom stereocenters. The number of halogens is 1. The van der Waals surface area contributed by atoms with E-state index in [9.17, 15) is 13.2 Å². The van der Waals surface area contributed by atoms with Crippen LogP contribution in [0.25, 0.3) is 0 Å². The third kappa shape index (κ3) is 4.67. The zero-order chi connectivity index (χ0) is 14.5. The maximum atomic E-state index is 11.9. The van der Waals surface area contributed by atoms with Gasteiger partial charge in [0.25, 0.3) is 5.91 Å². The fourth-order valence-corrected chi connectivity index (χ4v) is 2.07. The number of nitrogens with one attached hydrogen (secondary N) is 3. The lowest BCUT2D eigenvalue weighted by molar-refractivity contribution is 0.0957. The van der Waals surface area contributed by atoms with Gasteiger partial charge >= 0.3 is 0 Å². The van der Waals surface area contributed by atoms with E-state index in [-0.39, 0.29) is 17.9 Å². The van der Waals surface area contributed by atoms with Crippen LogP contribution in [0.2, 0.25) is 5.02 Å². The van der Waals surface area contributed by atoms with E-state index in [0.29, 0.717) is 10.7 Å². The van der Waals surface area contributed by atoms with Gasteiger partial charge in [-0.05, 0) is 25.2 Å². The standard InChI is InChI=1S/C10H15ClN4O3S/c1-13-19(17,18)5-4-14-10(16)8-6-7(11)2-3-9(8)15-12/h2-3,6,13,15H,4-5,12H2,1H3,(H,14,16). The number of rotatable bonds is 6. The highest BCUT2D eigenvalue weighted by Gasteiger charge is 2.13. The highest BCUT2D eigenvalue weighted by molar-refractivity contribution is 7.89. The average molecular weight is 307 g/mol. The molecule has 106 valence electrons. The van der Waals surface area contributed by atoms with Crippen molar-refractivity contribution in [1.82, 2.24) is 10.0 Å². The van der Waals surface area contributed by atoms with Crippen LogP contribution in [0, 0.1) is 0 Å². The maximum absolute atomic E-state index is 11.9. The lowest BCUT2D eigenvalue weighted by Gasteiger charge is -2.10. The first-order chi connectivity index (χ1) is 8.89. The van der Waals surface area contributed by atoms with Crippen LogP contribution in [0.5, 0.6) is 0 Å². The molecule has 0 fully saturated rings. The summed E-state index contributed by atoms with van der Waals surface area (Å²) in [6, 6.07) is 4.58. The first-order valence-corrected chi connectivity index (χ1v) is 7.38. The number of carbonyl (C=O) groups is 1. The van der Waals surface area contributed by atoms with Gasteiger partial charge in [0.05, 0.1) is 17.0 Å². The zero-order valence-electron chi connectivity index (χ0n) is 10.2. The van der Waals surface area contributed by atoms with Crippen molar-refractivity contribution >= 4 is 33.2 Å². The highest BCUT2D eigenvalue weighted by Crippen LogP contribution is 2.19. The molecule has 9 heteroatoms. The van der Waals surface area contributed by atoms with Crippen molar-refractivity contribution in [2.24, 2.45) is 5.84 Å². The van der Waals surface area contributed by atoms with Gasteiger partial charge in [-0.25, -0.2) is 13.1 Å². The molecule has 1 rings (SSSR count). The minimum absolute atomic E-state index is 0.0153. The summed E-state index contributed by atoms with van der Waals surface area (Å²) < 4.78 is 24.5. The SMILES string of the molecule is CNS(=O)(=O)CCNC(=O)c1cc(Cl)ccc1NN. The first-order valence-electron chi connectivity index (χ1n) is 5.35. The molecule has 0 aliphatic rings. The molecule has 0 saturated carbocycles. The molecule has 19 heavy (non-hydrogen) atoms. The molecule has 0 aliphatic carbocycles. The minimum atomic E-state index is -3.35. The van der Waals surface area contributed by atoms with Crippen molar-refractivity contribution in [3.05, 3.63) is 28.8 Å². The van der Waals surface area contributed by atoms with Crippen LogP contribution in [0.3, 0.4) is 0 Å². The van der Waals surface area contributed by atoms with Crippen molar-refractivity contribution in [1.29, 1.82) is 0 Å². The van der Waals surface area contributed by atoms with Gasteiger partial charge < -0.3 is 10.7 Å². The summed E-state index contributed by atoms with van der Waals surface area (Å²) in [5.74, 6) is 4.62. The fourth-order valence-electron chi connectivity index (χ4n) is 1.33. The second kappa shape index (κ2) is 6.71. The van der Waals surface area contributed by atoms with E-state index in [4.69, 9.17) is 17.4 Å². The molecule has 7 nitrogen and oxygen atoms in total. The number of nitrogen functional groups attached to an aromatic ring is 1. The molecule has 1 aromatic rings.